The molecule has 0 unspecified atom stereocenters. The molecule has 0 aliphatic carbocycles. The van der Waals surface area contributed by atoms with Crippen LogP contribution in [0, 0.1) is 0 Å². The predicted molar refractivity (Wildman–Crippen MR) is 60.1 cm³/mol. The van der Waals surface area contributed by atoms with E-state index >= 15 is 0 Å². The minimum absolute atomic E-state index is 0. The first-order valence-corrected chi connectivity index (χ1v) is 3.98. The Balaban J connectivity index is 0. The van der Waals surface area contributed by atoms with Crippen LogP contribution in [-0.2, 0) is 6.42 Å². The van der Waals surface area contributed by atoms with Gasteiger partial charge in [-0.25, -0.2) is 0 Å². The summed E-state index contributed by atoms with van der Waals surface area (Å²) in [6.07, 6.45) is 0.726. The van der Waals surface area contributed by atoms with Crippen LogP contribution in [0.5, 0.6) is 0 Å². The van der Waals surface area contributed by atoms with Crippen molar-refractivity contribution < 1.29 is 0 Å². The molecule has 0 heterocycles. The average Bonchev–Trinajstić information content (AvgIpc) is 1.88. The first-order valence-electron chi connectivity index (χ1n) is 3.11. The molecule has 1 rings (SSSR count). The smallest absolute Gasteiger partial charge is 0.111 e. The van der Waals surface area contributed by atoms with Gasteiger partial charge in [-0.05, 0) is 5.56 Å². The topological polar surface area (TPSA) is 0 Å². The van der Waals surface area contributed by atoms with Gasteiger partial charge in [-0.1, -0.05) is 30.3 Å². The Morgan fingerprint density at radius 1 is 1.00 bits per heavy atom. The highest BCUT2D eigenvalue weighted by molar-refractivity contribution is 6.44. The zero-order valence-electron chi connectivity index (χ0n) is 6.24. The highest BCUT2D eigenvalue weighted by Crippen LogP contribution is 2.10. The van der Waals surface area contributed by atoms with Crippen molar-refractivity contribution in [2.45, 2.75) is 11.3 Å². The van der Waals surface area contributed by atoms with Crippen molar-refractivity contribution in [3.05, 3.63) is 35.9 Å². The molecular weight excluding hydrogens is 238 g/mol. The van der Waals surface area contributed by atoms with Crippen molar-refractivity contribution >= 4 is 48.0 Å². The predicted octanol–water partition coefficient (Wildman–Crippen LogP) is 3.88. The summed E-state index contributed by atoms with van der Waals surface area (Å²) in [5.41, 5.74) is 1.18. The molecule has 0 amide bonds. The van der Waals surface area contributed by atoms with E-state index in [0.717, 1.165) is 6.42 Å². The Labute approximate surface area is 95.1 Å². The number of rotatable bonds is 2. The SMILES string of the molecule is Cl.Cl.ClC(Cl)Cc1ccccc1. The molecule has 4 heteroatoms. The molecule has 0 aliphatic rings. The molecule has 0 spiro atoms. The summed E-state index contributed by atoms with van der Waals surface area (Å²) in [7, 11) is 0. The Bertz CT molecular complexity index is 186. The zero-order chi connectivity index (χ0) is 7.40. The van der Waals surface area contributed by atoms with Crippen molar-refractivity contribution in [2.75, 3.05) is 0 Å². The number of halogens is 4. The maximum Gasteiger partial charge on any atom is 0.111 e. The van der Waals surface area contributed by atoms with Crippen LogP contribution in [0.2, 0.25) is 0 Å². The van der Waals surface area contributed by atoms with E-state index in [1.165, 1.54) is 5.56 Å². The second kappa shape index (κ2) is 8.00. The summed E-state index contributed by atoms with van der Waals surface area (Å²) in [5.74, 6) is 0. The van der Waals surface area contributed by atoms with E-state index in [2.05, 4.69) is 0 Å². The maximum absolute atomic E-state index is 5.58. The third kappa shape index (κ3) is 5.96. The lowest BCUT2D eigenvalue weighted by Gasteiger charge is -1.98. The van der Waals surface area contributed by atoms with Crippen molar-refractivity contribution in [1.82, 2.24) is 0 Å². The summed E-state index contributed by atoms with van der Waals surface area (Å²) >= 11 is 11.2. The lowest BCUT2D eigenvalue weighted by molar-refractivity contribution is 1.09. The van der Waals surface area contributed by atoms with Gasteiger partial charge in [0.25, 0.3) is 0 Å². The molecule has 70 valence electrons. The van der Waals surface area contributed by atoms with Crippen LogP contribution in [-0.4, -0.2) is 4.84 Å². The Hall–Kier alpha value is 0.380. The van der Waals surface area contributed by atoms with Gasteiger partial charge in [-0.3, -0.25) is 0 Å². The van der Waals surface area contributed by atoms with E-state index in [4.69, 9.17) is 23.2 Å². The van der Waals surface area contributed by atoms with Gasteiger partial charge in [0.15, 0.2) is 0 Å². The highest BCUT2D eigenvalue weighted by atomic mass is 35.5. The molecule has 0 saturated heterocycles. The fraction of sp³-hybridized carbons (Fsp3) is 0.250. The third-order valence-electron chi connectivity index (χ3n) is 1.23. The number of hydrogen-bond acceptors (Lipinski definition) is 0. The second-order valence-electron chi connectivity index (χ2n) is 2.08. The standard InChI is InChI=1S/C8H8Cl2.2ClH/c9-8(10)6-7-4-2-1-3-5-7;;/h1-5,8H,6H2;2*1H. The molecule has 0 atom stereocenters. The number of alkyl halides is 2. The van der Waals surface area contributed by atoms with Crippen molar-refractivity contribution in [1.29, 1.82) is 0 Å². The second-order valence-corrected chi connectivity index (χ2v) is 3.36. The van der Waals surface area contributed by atoms with Gasteiger partial charge in [-0.15, -0.1) is 48.0 Å². The Morgan fingerprint density at radius 3 is 1.92 bits per heavy atom. The zero-order valence-corrected chi connectivity index (χ0v) is 9.39. The number of hydrogen-bond donors (Lipinski definition) is 0. The van der Waals surface area contributed by atoms with Crippen molar-refractivity contribution in [3.8, 4) is 0 Å². The largest absolute Gasteiger partial charge is 0.147 e. The number of benzene rings is 1. The first kappa shape index (κ1) is 14.9. The van der Waals surface area contributed by atoms with E-state index in [0.29, 0.717) is 0 Å². The van der Waals surface area contributed by atoms with Crippen molar-refractivity contribution in [2.24, 2.45) is 0 Å². The van der Waals surface area contributed by atoms with E-state index in [-0.39, 0.29) is 29.7 Å². The molecule has 0 aliphatic heterocycles. The molecule has 1 aromatic rings. The van der Waals surface area contributed by atoms with Gasteiger partial charge in [0, 0.05) is 6.42 Å². The van der Waals surface area contributed by atoms with Crippen LogP contribution in [0.25, 0.3) is 0 Å². The molecule has 0 bridgehead atoms. The molecule has 0 saturated carbocycles. The Morgan fingerprint density at radius 2 is 1.50 bits per heavy atom. The third-order valence-corrected chi connectivity index (χ3v) is 1.54. The first-order chi connectivity index (χ1) is 4.79. The van der Waals surface area contributed by atoms with Gasteiger partial charge < -0.3 is 0 Å². The quantitative estimate of drug-likeness (QED) is 0.696. The minimum atomic E-state index is -0.289. The van der Waals surface area contributed by atoms with Crippen LogP contribution in [0.4, 0.5) is 0 Å². The fourth-order valence-electron chi connectivity index (χ4n) is 0.792. The van der Waals surface area contributed by atoms with Crippen LogP contribution < -0.4 is 0 Å². The van der Waals surface area contributed by atoms with Crippen LogP contribution in [0.3, 0.4) is 0 Å². The normalized spacial score (nSPS) is 8.58. The van der Waals surface area contributed by atoms with E-state index in [1.807, 2.05) is 30.3 Å². The van der Waals surface area contributed by atoms with E-state index in [9.17, 15) is 0 Å². The molecule has 0 aromatic heterocycles. The molecular formula is C8H10Cl4. The van der Waals surface area contributed by atoms with Gasteiger partial charge in [-0.2, -0.15) is 0 Å². The monoisotopic (exact) mass is 246 g/mol. The van der Waals surface area contributed by atoms with Crippen LogP contribution in [0.1, 0.15) is 5.56 Å². The molecule has 0 radical (unpaired) electrons. The maximum atomic E-state index is 5.58. The molecule has 0 fully saturated rings. The lowest BCUT2D eigenvalue weighted by Crippen LogP contribution is -1.92. The van der Waals surface area contributed by atoms with Gasteiger partial charge >= 0.3 is 0 Å². The molecule has 12 heavy (non-hydrogen) atoms. The molecule has 1 aromatic carbocycles. The summed E-state index contributed by atoms with van der Waals surface area (Å²) in [6, 6.07) is 9.95. The van der Waals surface area contributed by atoms with E-state index in [1.54, 1.807) is 0 Å². The lowest BCUT2D eigenvalue weighted by atomic mass is 10.2. The van der Waals surface area contributed by atoms with Crippen molar-refractivity contribution in [3.63, 3.8) is 0 Å². The highest BCUT2D eigenvalue weighted by Gasteiger charge is 1.98. The minimum Gasteiger partial charge on any atom is -0.147 e. The van der Waals surface area contributed by atoms with Gasteiger partial charge in [0.2, 0.25) is 0 Å². The summed E-state index contributed by atoms with van der Waals surface area (Å²) in [4.78, 5) is -0.289. The summed E-state index contributed by atoms with van der Waals surface area (Å²) < 4.78 is 0. The Kier molecular flexibility index (Phi) is 9.92. The summed E-state index contributed by atoms with van der Waals surface area (Å²) in [6.45, 7) is 0. The van der Waals surface area contributed by atoms with Gasteiger partial charge in [0.1, 0.15) is 4.84 Å². The van der Waals surface area contributed by atoms with Gasteiger partial charge in [0.05, 0.1) is 0 Å². The molecule has 0 N–H and O–H groups in total. The molecule has 0 nitrogen and oxygen atoms in total. The van der Waals surface area contributed by atoms with Crippen LogP contribution in [0.15, 0.2) is 30.3 Å². The summed E-state index contributed by atoms with van der Waals surface area (Å²) in [5, 5.41) is 0. The average molecular weight is 248 g/mol. The fourth-order valence-corrected chi connectivity index (χ4v) is 1.15. The van der Waals surface area contributed by atoms with E-state index < -0.39 is 0 Å². The van der Waals surface area contributed by atoms with Crippen LogP contribution >= 0.6 is 48.0 Å².